The molecule has 0 bridgehead atoms. The summed E-state index contributed by atoms with van der Waals surface area (Å²) in [4.78, 5) is 18.5. The fourth-order valence-electron chi connectivity index (χ4n) is 4.64. The number of para-hydroxylation sites is 3. The summed E-state index contributed by atoms with van der Waals surface area (Å²) in [6.07, 6.45) is 0.831. The molecule has 2 N–H and O–H groups in total. The van der Waals surface area contributed by atoms with Crippen LogP contribution in [0.3, 0.4) is 0 Å². The molecule has 3 heterocycles. The van der Waals surface area contributed by atoms with E-state index in [0.29, 0.717) is 30.5 Å². The Morgan fingerprint density at radius 3 is 2.62 bits per heavy atom. The van der Waals surface area contributed by atoms with Gasteiger partial charge in [0.2, 0.25) is 5.95 Å². The van der Waals surface area contributed by atoms with Crippen molar-refractivity contribution in [2.45, 2.75) is 19.4 Å². The van der Waals surface area contributed by atoms with E-state index in [-0.39, 0.29) is 5.91 Å². The molecule has 0 aliphatic carbocycles. The molecule has 7 heteroatoms. The largest absolute Gasteiger partial charge is 0.490 e. The fourth-order valence-corrected chi connectivity index (χ4v) is 4.64. The van der Waals surface area contributed by atoms with Gasteiger partial charge in [-0.25, -0.2) is 4.98 Å². The molecule has 4 aromatic rings. The summed E-state index contributed by atoms with van der Waals surface area (Å²) in [5.41, 5.74) is 4.85. The Balaban J connectivity index is 1.51. The van der Waals surface area contributed by atoms with Crippen LogP contribution in [0.5, 0.6) is 11.5 Å². The van der Waals surface area contributed by atoms with Crippen molar-refractivity contribution in [2.24, 2.45) is 0 Å². The third-order valence-corrected chi connectivity index (χ3v) is 6.19. The zero-order valence-electron chi connectivity index (χ0n) is 18.7. The minimum Gasteiger partial charge on any atom is -0.490 e. The molecule has 7 nitrogen and oxygen atoms in total. The molecule has 34 heavy (non-hydrogen) atoms. The zero-order valence-corrected chi connectivity index (χ0v) is 18.7. The smallest absolute Gasteiger partial charge is 0.255 e. The highest BCUT2D eigenvalue weighted by atomic mass is 16.5. The Bertz CT molecular complexity index is 1420. The lowest BCUT2D eigenvalue weighted by molar-refractivity contribution is -0.113. The molecule has 3 aromatic carbocycles. The maximum Gasteiger partial charge on any atom is 0.255 e. The predicted molar refractivity (Wildman–Crippen MR) is 131 cm³/mol. The first-order chi connectivity index (χ1) is 16.7. The second-order valence-corrected chi connectivity index (χ2v) is 8.44. The van der Waals surface area contributed by atoms with E-state index >= 15 is 0 Å². The van der Waals surface area contributed by atoms with E-state index in [1.54, 1.807) is 0 Å². The number of amides is 1. The Labute approximate surface area is 197 Å². The van der Waals surface area contributed by atoms with E-state index < -0.39 is 6.04 Å². The first kappa shape index (κ1) is 20.4. The maximum absolute atomic E-state index is 13.7. The SMILES string of the molecule is CC1=C(C(=O)Nc2ccccc2)C(c2ccc3c(c2)OCCCO3)n2c(nc3ccccc32)N1. The quantitative estimate of drug-likeness (QED) is 0.451. The average Bonchev–Trinajstić information content (AvgIpc) is 3.04. The van der Waals surface area contributed by atoms with Crippen molar-refractivity contribution in [1.82, 2.24) is 9.55 Å². The molecule has 1 aromatic heterocycles. The summed E-state index contributed by atoms with van der Waals surface area (Å²) >= 11 is 0. The topological polar surface area (TPSA) is 77.4 Å². The minimum atomic E-state index is -0.399. The molecule has 0 saturated heterocycles. The second-order valence-electron chi connectivity index (χ2n) is 8.44. The number of nitrogens with zero attached hydrogens (tertiary/aromatic N) is 2. The monoisotopic (exact) mass is 452 g/mol. The number of fused-ring (bicyclic) bond motifs is 4. The highest BCUT2D eigenvalue weighted by molar-refractivity contribution is 6.06. The number of benzene rings is 3. The van der Waals surface area contributed by atoms with Gasteiger partial charge in [-0.3, -0.25) is 9.36 Å². The van der Waals surface area contributed by atoms with Gasteiger partial charge in [-0.1, -0.05) is 36.4 Å². The molecule has 1 amide bonds. The lowest BCUT2D eigenvalue weighted by atomic mass is 9.94. The number of carbonyl (C=O) groups is 1. The van der Waals surface area contributed by atoms with E-state index in [0.717, 1.165) is 40.2 Å². The molecular formula is C27H24N4O3. The number of nitrogens with one attached hydrogen (secondary N) is 2. The number of anilines is 2. The van der Waals surface area contributed by atoms with Gasteiger partial charge in [-0.15, -0.1) is 0 Å². The lowest BCUT2D eigenvalue weighted by Gasteiger charge is -2.31. The molecular weight excluding hydrogens is 428 g/mol. The van der Waals surface area contributed by atoms with Gasteiger partial charge < -0.3 is 20.1 Å². The summed E-state index contributed by atoms with van der Waals surface area (Å²) in [5.74, 6) is 1.95. The number of hydrogen-bond acceptors (Lipinski definition) is 5. The van der Waals surface area contributed by atoms with Crippen LogP contribution in [-0.4, -0.2) is 28.7 Å². The number of carbonyl (C=O) groups excluding carboxylic acids is 1. The van der Waals surface area contributed by atoms with Crippen molar-refractivity contribution in [3.05, 3.63) is 89.6 Å². The third kappa shape index (κ3) is 3.46. The van der Waals surface area contributed by atoms with Gasteiger partial charge in [0.1, 0.15) is 0 Å². The van der Waals surface area contributed by atoms with Gasteiger partial charge in [0.05, 0.1) is 35.9 Å². The van der Waals surface area contributed by atoms with Crippen LogP contribution in [0.4, 0.5) is 11.6 Å². The number of imidazole rings is 1. The number of ether oxygens (including phenoxy) is 2. The van der Waals surface area contributed by atoms with E-state index in [2.05, 4.69) is 15.2 Å². The van der Waals surface area contributed by atoms with Crippen LogP contribution in [0.15, 0.2) is 84.1 Å². The molecule has 1 unspecified atom stereocenters. The molecule has 0 saturated carbocycles. The molecule has 0 fully saturated rings. The van der Waals surface area contributed by atoms with E-state index in [1.165, 1.54) is 0 Å². The van der Waals surface area contributed by atoms with Crippen LogP contribution in [0, 0.1) is 0 Å². The fraction of sp³-hybridized carbons (Fsp3) is 0.185. The number of hydrogen-bond donors (Lipinski definition) is 2. The Hall–Kier alpha value is -4.26. The highest BCUT2D eigenvalue weighted by Gasteiger charge is 2.34. The van der Waals surface area contributed by atoms with Crippen LogP contribution in [-0.2, 0) is 4.79 Å². The highest BCUT2D eigenvalue weighted by Crippen LogP contribution is 2.42. The van der Waals surface area contributed by atoms with Crippen molar-refractivity contribution in [2.75, 3.05) is 23.8 Å². The van der Waals surface area contributed by atoms with Crippen LogP contribution >= 0.6 is 0 Å². The van der Waals surface area contributed by atoms with Gasteiger partial charge in [0, 0.05) is 17.8 Å². The molecule has 0 radical (unpaired) electrons. The predicted octanol–water partition coefficient (Wildman–Crippen LogP) is 5.13. The first-order valence-corrected chi connectivity index (χ1v) is 11.4. The van der Waals surface area contributed by atoms with Crippen LogP contribution in [0.1, 0.15) is 24.9 Å². The Morgan fingerprint density at radius 2 is 1.76 bits per heavy atom. The summed E-state index contributed by atoms with van der Waals surface area (Å²) in [7, 11) is 0. The van der Waals surface area contributed by atoms with Crippen molar-refractivity contribution in [1.29, 1.82) is 0 Å². The molecule has 2 aliphatic heterocycles. The molecule has 6 rings (SSSR count). The van der Waals surface area contributed by atoms with E-state index in [1.807, 2.05) is 79.7 Å². The standard InChI is InChI=1S/C27H24N4O3/c1-17-24(26(32)29-19-8-3-2-4-9-19)25(18-12-13-22-23(16-18)34-15-7-14-33-22)31-21-11-6-5-10-20(21)30-27(31)28-17/h2-6,8-13,16,25H,7,14-15H2,1H3,(H,28,30)(H,29,32). The summed E-state index contributed by atoms with van der Waals surface area (Å²) in [6, 6.07) is 23.0. The van der Waals surface area contributed by atoms with Crippen molar-refractivity contribution >= 4 is 28.6 Å². The molecule has 2 aliphatic rings. The first-order valence-electron chi connectivity index (χ1n) is 11.4. The van der Waals surface area contributed by atoms with Gasteiger partial charge in [0.15, 0.2) is 11.5 Å². The maximum atomic E-state index is 13.7. The Morgan fingerprint density at radius 1 is 1.00 bits per heavy atom. The number of rotatable bonds is 3. The van der Waals surface area contributed by atoms with Gasteiger partial charge >= 0.3 is 0 Å². The van der Waals surface area contributed by atoms with Crippen molar-refractivity contribution < 1.29 is 14.3 Å². The van der Waals surface area contributed by atoms with Gasteiger partial charge in [0.25, 0.3) is 5.91 Å². The summed E-state index contributed by atoms with van der Waals surface area (Å²) in [5, 5.41) is 6.41. The second kappa shape index (κ2) is 8.26. The Kier molecular flexibility index (Phi) is 4.95. The minimum absolute atomic E-state index is 0.170. The molecule has 1 atom stereocenters. The van der Waals surface area contributed by atoms with E-state index in [4.69, 9.17) is 14.5 Å². The number of allylic oxidation sites excluding steroid dienone is 1. The molecule has 170 valence electrons. The average molecular weight is 453 g/mol. The van der Waals surface area contributed by atoms with Gasteiger partial charge in [-0.2, -0.15) is 0 Å². The van der Waals surface area contributed by atoms with Crippen molar-refractivity contribution in [3.63, 3.8) is 0 Å². The summed E-state index contributed by atoms with van der Waals surface area (Å²) < 4.78 is 13.9. The third-order valence-electron chi connectivity index (χ3n) is 6.19. The molecule has 0 spiro atoms. The van der Waals surface area contributed by atoms with Crippen LogP contribution < -0.4 is 20.1 Å². The lowest BCUT2D eigenvalue weighted by Crippen LogP contribution is -2.31. The number of aromatic nitrogens is 2. The normalized spacial score (nSPS) is 17.0. The summed E-state index contributed by atoms with van der Waals surface area (Å²) in [6.45, 7) is 3.14. The van der Waals surface area contributed by atoms with Gasteiger partial charge in [-0.05, 0) is 48.9 Å². The van der Waals surface area contributed by atoms with Crippen LogP contribution in [0.25, 0.3) is 11.0 Å². The van der Waals surface area contributed by atoms with E-state index in [9.17, 15) is 4.79 Å². The van der Waals surface area contributed by atoms with Crippen LogP contribution in [0.2, 0.25) is 0 Å². The van der Waals surface area contributed by atoms with Crippen molar-refractivity contribution in [3.8, 4) is 11.5 Å². The zero-order chi connectivity index (χ0) is 23.1.